The molecule has 1 atom stereocenters. The Bertz CT molecular complexity index is 1080. The Balaban J connectivity index is 0.00000240. The molecule has 0 bridgehead atoms. The largest absolute Gasteiger partial charge is 0.435 e. The number of carbonyl (C=O) groups excluding carboxylic acids is 2. The van der Waals surface area contributed by atoms with Crippen LogP contribution in [0.3, 0.4) is 0 Å². The molecule has 3 aromatic rings. The van der Waals surface area contributed by atoms with Crippen molar-refractivity contribution in [2.75, 3.05) is 5.32 Å². The van der Waals surface area contributed by atoms with E-state index in [0.29, 0.717) is 22.2 Å². The van der Waals surface area contributed by atoms with Crippen molar-refractivity contribution in [3.05, 3.63) is 65.9 Å². The lowest BCUT2D eigenvalue weighted by atomic mass is 9.97. The molecule has 1 aliphatic heterocycles. The van der Waals surface area contributed by atoms with Crippen molar-refractivity contribution in [1.29, 1.82) is 0 Å². The molecule has 144 valence electrons. The molecule has 0 saturated carbocycles. The Labute approximate surface area is 160 Å². The first-order valence-corrected chi connectivity index (χ1v) is 8.54. The number of hydrogen-bond donors (Lipinski definition) is 2. The molecule has 8 heteroatoms. The molecule has 2 N–H and O–H groups in total. The highest BCUT2D eigenvalue weighted by Gasteiger charge is 2.26. The molecule has 1 aliphatic rings. The summed E-state index contributed by atoms with van der Waals surface area (Å²) in [6.45, 7) is -2.92. The smallest absolute Gasteiger partial charge is 0.387 e. The standard InChI is InChI=1S/C20H15F2N3O3.H2/c21-20(22)28-13-6-5-11-7-12(10-23-16(11)8-13)19(27)25-17-9-18(26)24-15-4-2-1-3-14(15)17;/h1-8,10,17,20H,9H2,(H,24,26)(H,25,27);1H. The number of fused-ring (bicyclic) bond motifs is 2. The first-order chi connectivity index (χ1) is 13.5. The molecule has 0 fully saturated rings. The topological polar surface area (TPSA) is 80.3 Å². The van der Waals surface area contributed by atoms with E-state index in [1.54, 1.807) is 18.2 Å². The highest BCUT2D eigenvalue weighted by atomic mass is 19.3. The molecule has 0 saturated heterocycles. The van der Waals surface area contributed by atoms with Crippen molar-refractivity contribution in [1.82, 2.24) is 10.3 Å². The lowest BCUT2D eigenvalue weighted by molar-refractivity contribution is -0.116. The Kier molecular flexibility index (Phi) is 4.60. The van der Waals surface area contributed by atoms with Gasteiger partial charge in [0.05, 0.1) is 23.5 Å². The van der Waals surface area contributed by atoms with Crippen LogP contribution in [0, 0.1) is 0 Å². The third-order valence-corrected chi connectivity index (χ3v) is 4.45. The van der Waals surface area contributed by atoms with Crippen molar-refractivity contribution in [3.8, 4) is 5.75 Å². The summed E-state index contributed by atoms with van der Waals surface area (Å²) < 4.78 is 29.0. The molecular formula is C20H17F2N3O3. The number of hydrogen-bond acceptors (Lipinski definition) is 4. The maximum absolute atomic E-state index is 12.7. The predicted octanol–water partition coefficient (Wildman–Crippen LogP) is 3.90. The van der Waals surface area contributed by atoms with E-state index in [2.05, 4.69) is 20.4 Å². The van der Waals surface area contributed by atoms with Crippen LogP contribution in [-0.2, 0) is 4.79 Å². The average Bonchev–Trinajstić information content (AvgIpc) is 2.67. The molecular weight excluding hydrogens is 368 g/mol. The number of benzene rings is 2. The number of para-hydroxylation sites is 1. The predicted molar refractivity (Wildman–Crippen MR) is 100 cm³/mol. The second-order valence-corrected chi connectivity index (χ2v) is 6.32. The van der Waals surface area contributed by atoms with Crippen molar-refractivity contribution in [2.45, 2.75) is 19.1 Å². The van der Waals surface area contributed by atoms with Crippen molar-refractivity contribution >= 4 is 28.4 Å². The van der Waals surface area contributed by atoms with E-state index in [0.717, 1.165) is 5.56 Å². The zero-order valence-corrected chi connectivity index (χ0v) is 14.5. The summed E-state index contributed by atoms with van der Waals surface area (Å²) in [7, 11) is 0. The molecule has 2 aromatic carbocycles. The number of aromatic nitrogens is 1. The summed E-state index contributed by atoms with van der Waals surface area (Å²) in [5, 5.41) is 6.25. The van der Waals surface area contributed by atoms with E-state index in [1.165, 1.54) is 18.3 Å². The zero-order valence-electron chi connectivity index (χ0n) is 14.5. The summed E-state index contributed by atoms with van der Waals surface area (Å²) >= 11 is 0. The van der Waals surface area contributed by atoms with Gasteiger partial charge in [0.15, 0.2) is 0 Å². The maximum Gasteiger partial charge on any atom is 0.387 e. The Morgan fingerprint density at radius 3 is 2.89 bits per heavy atom. The van der Waals surface area contributed by atoms with Crippen LogP contribution in [0.2, 0.25) is 0 Å². The zero-order chi connectivity index (χ0) is 19.7. The third kappa shape index (κ3) is 3.62. The van der Waals surface area contributed by atoms with Gasteiger partial charge in [0.1, 0.15) is 5.75 Å². The van der Waals surface area contributed by atoms with Gasteiger partial charge in [-0.15, -0.1) is 0 Å². The van der Waals surface area contributed by atoms with E-state index in [1.807, 2.05) is 18.2 Å². The van der Waals surface area contributed by atoms with Gasteiger partial charge in [-0.3, -0.25) is 14.6 Å². The quantitative estimate of drug-likeness (QED) is 0.714. The summed E-state index contributed by atoms with van der Waals surface area (Å²) in [5.41, 5.74) is 2.24. The second-order valence-electron chi connectivity index (χ2n) is 6.32. The van der Waals surface area contributed by atoms with Gasteiger partial charge < -0.3 is 15.4 Å². The lowest BCUT2D eigenvalue weighted by Gasteiger charge is -2.26. The van der Waals surface area contributed by atoms with Crippen LogP contribution in [0.25, 0.3) is 10.9 Å². The molecule has 1 unspecified atom stereocenters. The molecule has 0 spiro atoms. The molecule has 28 heavy (non-hydrogen) atoms. The van der Waals surface area contributed by atoms with Crippen molar-refractivity contribution in [2.24, 2.45) is 0 Å². The normalized spacial score (nSPS) is 15.8. The fourth-order valence-corrected chi connectivity index (χ4v) is 3.18. The molecule has 6 nitrogen and oxygen atoms in total. The number of halogens is 2. The number of anilines is 1. The number of pyridine rings is 1. The minimum atomic E-state index is -2.92. The van der Waals surface area contributed by atoms with Gasteiger partial charge >= 0.3 is 6.61 Å². The minimum absolute atomic E-state index is 0. The monoisotopic (exact) mass is 385 g/mol. The molecule has 4 rings (SSSR count). The van der Waals surface area contributed by atoms with E-state index in [9.17, 15) is 18.4 Å². The molecule has 2 heterocycles. The Hall–Kier alpha value is -3.55. The molecule has 2 amide bonds. The van der Waals surface area contributed by atoms with Crippen LogP contribution in [-0.4, -0.2) is 23.4 Å². The van der Waals surface area contributed by atoms with E-state index in [4.69, 9.17) is 0 Å². The number of rotatable bonds is 4. The van der Waals surface area contributed by atoms with Gasteiger partial charge in [0, 0.05) is 24.8 Å². The summed E-state index contributed by atoms with van der Waals surface area (Å²) in [6, 6.07) is 12.8. The van der Waals surface area contributed by atoms with Crippen LogP contribution in [0.1, 0.15) is 29.8 Å². The van der Waals surface area contributed by atoms with E-state index < -0.39 is 12.7 Å². The number of nitrogens with one attached hydrogen (secondary N) is 2. The molecule has 0 radical (unpaired) electrons. The summed E-state index contributed by atoms with van der Waals surface area (Å²) in [4.78, 5) is 28.7. The van der Waals surface area contributed by atoms with Gasteiger partial charge in [-0.25, -0.2) is 0 Å². The van der Waals surface area contributed by atoms with Crippen LogP contribution in [0.5, 0.6) is 5.75 Å². The Morgan fingerprint density at radius 2 is 2.07 bits per heavy atom. The third-order valence-electron chi connectivity index (χ3n) is 4.45. The summed E-state index contributed by atoms with van der Waals surface area (Å²) in [5.74, 6) is -0.555. The fourth-order valence-electron chi connectivity index (χ4n) is 3.18. The molecule has 1 aromatic heterocycles. The van der Waals surface area contributed by atoms with E-state index in [-0.39, 0.29) is 25.4 Å². The highest BCUT2D eigenvalue weighted by molar-refractivity contribution is 5.99. The number of alkyl halides is 2. The SMILES string of the molecule is O=C1CC(NC(=O)c2cnc3cc(OC(F)F)ccc3c2)c2ccccc2N1.[HH]. The molecule has 0 aliphatic carbocycles. The lowest BCUT2D eigenvalue weighted by Crippen LogP contribution is -2.35. The van der Waals surface area contributed by atoms with Crippen molar-refractivity contribution in [3.63, 3.8) is 0 Å². The average molecular weight is 385 g/mol. The van der Waals surface area contributed by atoms with Crippen molar-refractivity contribution < 1.29 is 24.5 Å². The summed E-state index contributed by atoms with van der Waals surface area (Å²) in [6.07, 6.45) is 1.50. The number of amides is 2. The van der Waals surface area contributed by atoms with Crippen LogP contribution >= 0.6 is 0 Å². The second kappa shape index (κ2) is 7.22. The number of ether oxygens (including phenoxy) is 1. The fraction of sp³-hybridized carbons (Fsp3) is 0.150. The van der Waals surface area contributed by atoms with Gasteiger partial charge in [-0.2, -0.15) is 8.78 Å². The van der Waals surface area contributed by atoms with Gasteiger partial charge in [0.25, 0.3) is 5.91 Å². The first kappa shape index (κ1) is 17.8. The minimum Gasteiger partial charge on any atom is -0.435 e. The highest BCUT2D eigenvalue weighted by Crippen LogP contribution is 2.30. The van der Waals surface area contributed by atoms with Gasteiger partial charge in [0.2, 0.25) is 5.91 Å². The van der Waals surface area contributed by atoms with Gasteiger partial charge in [-0.1, -0.05) is 18.2 Å². The first-order valence-electron chi connectivity index (χ1n) is 8.54. The number of carbonyl (C=O) groups is 2. The maximum atomic E-state index is 12.7. The van der Waals surface area contributed by atoms with Crippen LogP contribution in [0.4, 0.5) is 14.5 Å². The Morgan fingerprint density at radius 1 is 1.25 bits per heavy atom. The van der Waals surface area contributed by atoms with E-state index >= 15 is 0 Å². The van der Waals surface area contributed by atoms with Gasteiger partial charge in [-0.05, 0) is 29.8 Å². The number of nitrogens with zero attached hydrogens (tertiary/aromatic N) is 1. The van der Waals surface area contributed by atoms with Crippen LogP contribution in [0.15, 0.2) is 54.7 Å². The van der Waals surface area contributed by atoms with Crippen LogP contribution < -0.4 is 15.4 Å².